The molecule has 1 fully saturated rings. The summed E-state index contributed by atoms with van der Waals surface area (Å²) in [6.07, 6.45) is 6.01. The van der Waals surface area contributed by atoms with Crippen molar-refractivity contribution in [3.63, 3.8) is 0 Å². The van der Waals surface area contributed by atoms with Gasteiger partial charge in [-0.05, 0) is 37.8 Å². The van der Waals surface area contributed by atoms with Gasteiger partial charge in [-0.2, -0.15) is 0 Å². The quantitative estimate of drug-likeness (QED) is 0.582. The number of rotatable bonds is 5. The summed E-state index contributed by atoms with van der Waals surface area (Å²) in [6.45, 7) is 3.28. The van der Waals surface area contributed by atoms with E-state index in [-0.39, 0.29) is 5.91 Å². The average molecular weight is 373 g/mol. The van der Waals surface area contributed by atoms with Crippen molar-refractivity contribution in [1.82, 2.24) is 24.4 Å². The smallest absolute Gasteiger partial charge is 0.268 e. The van der Waals surface area contributed by atoms with Crippen LogP contribution in [0.5, 0.6) is 0 Å². The van der Waals surface area contributed by atoms with Gasteiger partial charge in [-0.1, -0.05) is 18.2 Å². The molecule has 1 aromatic carbocycles. The Morgan fingerprint density at radius 2 is 2.00 bits per heavy atom. The van der Waals surface area contributed by atoms with Crippen LogP contribution in [0.25, 0.3) is 21.9 Å². The lowest BCUT2D eigenvalue weighted by atomic mass is 10.2. The van der Waals surface area contributed by atoms with E-state index in [0.717, 1.165) is 34.9 Å². The second-order valence-corrected chi connectivity index (χ2v) is 7.73. The van der Waals surface area contributed by atoms with Crippen LogP contribution >= 0.6 is 0 Å². The highest BCUT2D eigenvalue weighted by molar-refractivity contribution is 6.10. The van der Waals surface area contributed by atoms with E-state index in [0.29, 0.717) is 12.2 Å². The molecule has 1 aliphatic carbocycles. The first-order chi connectivity index (χ1) is 13.6. The van der Waals surface area contributed by atoms with Crippen LogP contribution in [0.15, 0.2) is 42.7 Å². The molecule has 0 atom stereocenters. The number of aromatic nitrogens is 4. The molecule has 5 rings (SSSR count). The van der Waals surface area contributed by atoms with E-state index in [1.54, 1.807) is 12.4 Å². The van der Waals surface area contributed by atoms with Crippen LogP contribution in [0.3, 0.4) is 0 Å². The van der Waals surface area contributed by atoms with Crippen LogP contribution < -0.4 is 5.32 Å². The molecule has 3 aromatic heterocycles. The number of hydrogen-bond acceptors (Lipinski definition) is 3. The van der Waals surface area contributed by atoms with E-state index in [2.05, 4.69) is 44.1 Å². The Bertz CT molecular complexity index is 1180. The van der Waals surface area contributed by atoms with Crippen molar-refractivity contribution in [2.45, 2.75) is 32.9 Å². The molecule has 3 heterocycles. The third-order valence-corrected chi connectivity index (χ3v) is 5.59. The van der Waals surface area contributed by atoms with E-state index in [1.165, 1.54) is 23.7 Å². The number of nitrogens with one attached hydrogen (secondary N) is 1. The van der Waals surface area contributed by atoms with Gasteiger partial charge in [-0.25, -0.2) is 0 Å². The maximum atomic E-state index is 12.9. The number of aryl methyl sites for hydroxylation is 2. The lowest BCUT2D eigenvalue weighted by Gasteiger charge is -2.07. The minimum absolute atomic E-state index is 0.0943. The minimum atomic E-state index is -0.0943. The summed E-state index contributed by atoms with van der Waals surface area (Å²) in [5, 5.41) is 4.17. The Morgan fingerprint density at radius 1 is 1.18 bits per heavy atom. The molecule has 0 radical (unpaired) electrons. The van der Waals surface area contributed by atoms with Gasteiger partial charge in [0.25, 0.3) is 5.91 Å². The van der Waals surface area contributed by atoms with Gasteiger partial charge in [0.1, 0.15) is 5.69 Å². The monoisotopic (exact) mass is 373 g/mol. The highest BCUT2D eigenvalue weighted by atomic mass is 16.1. The second-order valence-electron chi connectivity index (χ2n) is 7.73. The van der Waals surface area contributed by atoms with Crippen LogP contribution in [0.1, 0.15) is 34.7 Å². The molecule has 4 aromatic rings. The predicted octanol–water partition coefficient (Wildman–Crippen LogP) is 3.57. The zero-order valence-corrected chi connectivity index (χ0v) is 16.1. The van der Waals surface area contributed by atoms with Gasteiger partial charge in [-0.15, -0.1) is 0 Å². The Balaban J connectivity index is 1.50. The lowest BCUT2D eigenvalue weighted by Crippen LogP contribution is -2.25. The third-order valence-electron chi connectivity index (χ3n) is 5.59. The van der Waals surface area contributed by atoms with Gasteiger partial charge < -0.3 is 14.5 Å². The van der Waals surface area contributed by atoms with Gasteiger partial charge in [0.15, 0.2) is 0 Å². The largest absolute Gasteiger partial charge is 0.345 e. The van der Waals surface area contributed by atoms with Gasteiger partial charge in [0, 0.05) is 25.2 Å². The molecule has 142 valence electrons. The highest BCUT2D eigenvalue weighted by Crippen LogP contribution is 2.36. The molecule has 28 heavy (non-hydrogen) atoms. The first kappa shape index (κ1) is 17.0. The molecule has 1 aliphatic rings. The fourth-order valence-corrected chi connectivity index (χ4v) is 3.90. The number of amides is 1. The number of benzene rings is 1. The summed E-state index contributed by atoms with van der Waals surface area (Å²) in [5.74, 6) is 0.666. The zero-order valence-electron chi connectivity index (χ0n) is 16.1. The fourth-order valence-electron chi connectivity index (χ4n) is 3.90. The lowest BCUT2D eigenvalue weighted by molar-refractivity contribution is 0.0942. The molecule has 6 nitrogen and oxygen atoms in total. The van der Waals surface area contributed by atoms with E-state index in [4.69, 9.17) is 0 Å². The predicted molar refractivity (Wildman–Crippen MR) is 109 cm³/mol. The fraction of sp³-hybridized carbons (Fsp3) is 0.318. The van der Waals surface area contributed by atoms with Gasteiger partial charge in [0.2, 0.25) is 0 Å². The highest BCUT2D eigenvalue weighted by Gasteiger charge is 2.26. The first-order valence-electron chi connectivity index (χ1n) is 9.74. The number of fused-ring (bicyclic) bond motifs is 3. The second kappa shape index (κ2) is 6.48. The number of para-hydroxylation sites is 1. The van der Waals surface area contributed by atoms with Crippen molar-refractivity contribution < 1.29 is 4.79 Å². The Kier molecular flexibility index (Phi) is 3.93. The van der Waals surface area contributed by atoms with E-state index in [1.807, 2.05) is 24.6 Å². The molecule has 1 N–H and O–H groups in total. The van der Waals surface area contributed by atoms with E-state index >= 15 is 0 Å². The number of carbonyl (C=O) groups is 1. The molecule has 0 saturated heterocycles. The molecule has 6 heteroatoms. The first-order valence-corrected chi connectivity index (χ1v) is 9.74. The topological polar surface area (TPSA) is 64.7 Å². The van der Waals surface area contributed by atoms with Crippen molar-refractivity contribution in [2.75, 3.05) is 0 Å². The normalized spacial score (nSPS) is 14.1. The maximum absolute atomic E-state index is 12.9. The number of nitrogens with zero attached hydrogens (tertiary/aromatic N) is 4. The van der Waals surface area contributed by atoms with E-state index in [9.17, 15) is 4.79 Å². The molecule has 0 bridgehead atoms. The molecule has 1 amide bonds. The van der Waals surface area contributed by atoms with E-state index < -0.39 is 0 Å². The van der Waals surface area contributed by atoms with Crippen molar-refractivity contribution in [3.05, 3.63) is 59.8 Å². The molecule has 0 aliphatic heterocycles. The molecular weight excluding hydrogens is 350 g/mol. The van der Waals surface area contributed by atoms with Crippen LogP contribution in [0.4, 0.5) is 0 Å². The zero-order chi connectivity index (χ0) is 19.3. The van der Waals surface area contributed by atoms with Crippen LogP contribution in [0.2, 0.25) is 0 Å². The van der Waals surface area contributed by atoms with Gasteiger partial charge in [0.05, 0.1) is 40.7 Å². The summed E-state index contributed by atoms with van der Waals surface area (Å²) in [4.78, 5) is 21.4. The van der Waals surface area contributed by atoms with Gasteiger partial charge in [-0.3, -0.25) is 14.8 Å². The Labute approximate surface area is 163 Å². The molecule has 0 spiro atoms. The standard InChI is InChI=1S/C22H23N5O/c1-14-10-24-16(11-23-14)12-25-22(28)20-9-19-21(26(20)2)17-5-3-4-6-18(17)27(19)13-15-7-8-15/h3-6,9-11,15H,7-8,12-13H2,1-2H3,(H,25,28). The van der Waals surface area contributed by atoms with Crippen LogP contribution in [-0.4, -0.2) is 25.0 Å². The number of hydrogen-bond donors (Lipinski definition) is 1. The van der Waals surface area contributed by atoms with Crippen LogP contribution in [-0.2, 0) is 20.1 Å². The summed E-state index contributed by atoms with van der Waals surface area (Å²) >= 11 is 0. The maximum Gasteiger partial charge on any atom is 0.268 e. The van der Waals surface area contributed by atoms with Crippen molar-refractivity contribution in [2.24, 2.45) is 13.0 Å². The molecular formula is C22H23N5O. The summed E-state index contributed by atoms with van der Waals surface area (Å²) in [7, 11) is 1.97. The third kappa shape index (κ3) is 2.85. The van der Waals surface area contributed by atoms with Crippen molar-refractivity contribution >= 4 is 27.8 Å². The van der Waals surface area contributed by atoms with Crippen molar-refractivity contribution in [3.8, 4) is 0 Å². The number of carbonyl (C=O) groups excluding carboxylic acids is 1. The summed E-state index contributed by atoms with van der Waals surface area (Å²) in [6, 6.07) is 10.5. The van der Waals surface area contributed by atoms with Gasteiger partial charge >= 0.3 is 0 Å². The Hall–Kier alpha value is -3.15. The van der Waals surface area contributed by atoms with Crippen molar-refractivity contribution in [1.29, 1.82) is 0 Å². The summed E-state index contributed by atoms with van der Waals surface area (Å²) < 4.78 is 4.39. The average Bonchev–Trinajstić information content (AvgIpc) is 3.39. The Morgan fingerprint density at radius 3 is 2.75 bits per heavy atom. The molecule has 1 saturated carbocycles. The minimum Gasteiger partial charge on any atom is -0.345 e. The SMILES string of the molecule is Cc1cnc(CNC(=O)c2cc3c(c4ccccc4n3CC3CC3)n2C)cn1. The molecule has 0 unspecified atom stereocenters. The summed E-state index contributed by atoms with van der Waals surface area (Å²) in [5.41, 5.74) is 5.79. The van der Waals surface area contributed by atoms with Crippen LogP contribution in [0, 0.1) is 12.8 Å².